The first-order valence-corrected chi connectivity index (χ1v) is 7.15. The third-order valence-corrected chi connectivity index (χ3v) is 3.90. The lowest BCUT2D eigenvalue weighted by Gasteiger charge is -2.35. The number of likely N-dealkylation sites (N-methyl/N-ethyl adjacent to an activating group) is 1. The molecule has 1 aromatic rings. The van der Waals surface area contributed by atoms with Crippen LogP contribution in [0.15, 0.2) is 24.3 Å². The summed E-state index contributed by atoms with van der Waals surface area (Å²) in [6.45, 7) is 1.45. The normalized spacial score (nSPS) is 17.8. The van der Waals surface area contributed by atoms with Crippen LogP contribution in [0, 0.1) is 0 Å². The van der Waals surface area contributed by atoms with Crippen molar-refractivity contribution in [2.75, 3.05) is 26.8 Å². The molecule has 0 aromatic heterocycles. The number of aliphatic hydroxyl groups is 1. The first-order chi connectivity index (χ1) is 9.48. The summed E-state index contributed by atoms with van der Waals surface area (Å²) in [5.41, 5.74) is 0.105. The molecule has 1 heterocycles. The maximum atomic E-state index is 12.2. The Morgan fingerprint density at radius 2 is 1.95 bits per heavy atom. The van der Waals surface area contributed by atoms with Crippen LogP contribution in [0.25, 0.3) is 0 Å². The van der Waals surface area contributed by atoms with Gasteiger partial charge in [0.2, 0.25) is 5.91 Å². The zero-order valence-corrected chi connectivity index (χ0v) is 12.4. The summed E-state index contributed by atoms with van der Waals surface area (Å²) < 4.78 is 5.24. The molecule has 0 radical (unpaired) electrons. The number of hydrogen-bond donors (Lipinski definition) is 1. The van der Waals surface area contributed by atoms with Gasteiger partial charge >= 0.3 is 0 Å². The van der Waals surface area contributed by atoms with E-state index in [1.165, 1.54) is 0 Å². The number of halogens is 1. The summed E-state index contributed by atoms with van der Waals surface area (Å²) in [4.78, 5) is 13.8. The molecular formula is C15H20ClNO3. The Balaban J connectivity index is 1.89. The Morgan fingerprint density at radius 1 is 1.35 bits per heavy atom. The van der Waals surface area contributed by atoms with Crippen LogP contribution < -0.4 is 0 Å². The SMILES string of the molecule is CN(CC1(O)CCOCC1)C(=O)Cc1ccc(Cl)cc1. The number of nitrogens with zero attached hydrogens (tertiary/aromatic N) is 1. The van der Waals surface area contributed by atoms with Crippen molar-refractivity contribution in [3.63, 3.8) is 0 Å². The minimum Gasteiger partial charge on any atom is -0.388 e. The van der Waals surface area contributed by atoms with Crippen LogP contribution >= 0.6 is 11.6 Å². The van der Waals surface area contributed by atoms with Crippen LogP contribution in [-0.2, 0) is 16.0 Å². The molecule has 0 atom stereocenters. The molecule has 5 heteroatoms. The fraction of sp³-hybridized carbons (Fsp3) is 0.533. The minimum atomic E-state index is -0.817. The molecule has 110 valence electrons. The second kappa shape index (κ2) is 6.57. The lowest BCUT2D eigenvalue weighted by atomic mass is 9.94. The lowest BCUT2D eigenvalue weighted by molar-refractivity contribution is -0.136. The lowest BCUT2D eigenvalue weighted by Crippen LogP contribution is -2.47. The van der Waals surface area contributed by atoms with E-state index in [1.54, 1.807) is 24.1 Å². The molecule has 0 aliphatic carbocycles. The van der Waals surface area contributed by atoms with E-state index in [0.717, 1.165) is 5.56 Å². The quantitative estimate of drug-likeness (QED) is 0.923. The maximum absolute atomic E-state index is 12.2. The summed E-state index contributed by atoms with van der Waals surface area (Å²) in [6, 6.07) is 7.24. The Kier molecular flexibility index (Phi) is 5.02. The first-order valence-electron chi connectivity index (χ1n) is 6.77. The van der Waals surface area contributed by atoms with Gasteiger partial charge in [-0.2, -0.15) is 0 Å². The smallest absolute Gasteiger partial charge is 0.226 e. The summed E-state index contributed by atoms with van der Waals surface area (Å²) in [5.74, 6) is -0.00719. The molecule has 1 aromatic carbocycles. The molecule has 1 aliphatic rings. The van der Waals surface area contributed by atoms with Gasteiger partial charge < -0.3 is 14.7 Å². The van der Waals surface area contributed by atoms with Gasteiger partial charge in [-0.15, -0.1) is 0 Å². The standard InChI is InChI=1S/C15H20ClNO3/c1-17(11-15(19)6-8-20-9-7-15)14(18)10-12-2-4-13(16)5-3-12/h2-5,19H,6-11H2,1H3. The molecule has 2 rings (SSSR count). The molecule has 1 saturated heterocycles. The van der Waals surface area contributed by atoms with Crippen LogP contribution in [0.2, 0.25) is 5.02 Å². The number of ether oxygens (including phenoxy) is 1. The van der Waals surface area contributed by atoms with E-state index in [9.17, 15) is 9.90 Å². The van der Waals surface area contributed by atoms with Crippen LogP contribution in [0.3, 0.4) is 0 Å². The van der Waals surface area contributed by atoms with Crippen LogP contribution in [0.4, 0.5) is 0 Å². The molecule has 1 fully saturated rings. The fourth-order valence-corrected chi connectivity index (χ4v) is 2.48. The molecule has 0 bridgehead atoms. The van der Waals surface area contributed by atoms with E-state index in [0.29, 0.717) is 44.0 Å². The molecule has 0 unspecified atom stereocenters. The first kappa shape index (κ1) is 15.3. The maximum Gasteiger partial charge on any atom is 0.226 e. The zero-order valence-electron chi connectivity index (χ0n) is 11.6. The van der Waals surface area contributed by atoms with Gasteiger partial charge in [-0.05, 0) is 17.7 Å². The molecule has 0 spiro atoms. The number of carbonyl (C=O) groups is 1. The van der Waals surface area contributed by atoms with Gasteiger partial charge in [-0.1, -0.05) is 23.7 Å². The minimum absolute atomic E-state index is 0.00719. The third kappa shape index (κ3) is 4.20. The predicted octanol–water partition coefficient (Wildman–Crippen LogP) is 1.88. The van der Waals surface area contributed by atoms with E-state index in [4.69, 9.17) is 16.3 Å². The summed E-state index contributed by atoms with van der Waals surface area (Å²) in [5, 5.41) is 11.1. The number of rotatable bonds is 4. The van der Waals surface area contributed by atoms with Gasteiger partial charge in [0.05, 0.1) is 12.0 Å². The Hall–Kier alpha value is -1.10. The van der Waals surface area contributed by atoms with Gasteiger partial charge in [-0.3, -0.25) is 4.79 Å². The average molecular weight is 298 g/mol. The Bertz CT molecular complexity index is 455. The van der Waals surface area contributed by atoms with Gasteiger partial charge in [0.25, 0.3) is 0 Å². The highest BCUT2D eigenvalue weighted by Crippen LogP contribution is 2.21. The second-order valence-corrected chi connectivity index (χ2v) is 5.83. The molecular weight excluding hydrogens is 278 g/mol. The van der Waals surface area contributed by atoms with Crippen molar-refractivity contribution in [1.82, 2.24) is 4.90 Å². The molecule has 1 N–H and O–H groups in total. The predicted molar refractivity (Wildman–Crippen MR) is 77.8 cm³/mol. The van der Waals surface area contributed by atoms with Gasteiger partial charge in [-0.25, -0.2) is 0 Å². The van der Waals surface area contributed by atoms with Gasteiger partial charge in [0.15, 0.2) is 0 Å². The van der Waals surface area contributed by atoms with E-state index < -0.39 is 5.60 Å². The van der Waals surface area contributed by atoms with Crippen molar-refractivity contribution in [1.29, 1.82) is 0 Å². The van der Waals surface area contributed by atoms with Crippen molar-refractivity contribution in [3.05, 3.63) is 34.9 Å². The van der Waals surface area contributed by atoms with Crippen molar-refractivity contribution >= 4 is 17.5 Å². The third-order valence-electron chi connectivity index (χ3n) is 3.65. The van der Waals surface area contributed by atoms with Crippen molar-refractivity contribution in [3.8, 4) is 0 Å². The van der Waals surface area contributed by atoms with Crippen molar-refractivity contribution < 1.29 is 14.6 Å². The molecule has 0 saturated carbocycles. The molecule has 20 heavy (non-hydrogen) atoms. The molecule has 4 nitrogen and oxygen atoms in total. The number of benzene rings is 1. The van der Waals surface area contributed by atoms with Crippen LogP contribution in [-0.4, -0.2) is 48.3 Å². The average Bonchev–Trinajstić information content (AvgIpc) is 2.41. The van der Waals surface area contributed by atoms with Crippen molar-refractivity contribution in [2.24, 2.45) is 0 Å². The van der Waals surface area contributed by atoms with Gasteiger partial charge in [0, 0.05) is 44.7 Å². The Morgan fingerprint density at radius 3 is 2.55 bits per heavy atom. The van der Waals surface area contributed by atoms with E-state index in [2.05, 4.69) is 0 Å². The van der Waals surface area contributed by atoms with E-state index in [1.807, 2.05) is 12.1 Å². The number of hydrogen-bond acceptors (Lipinski definition) is 3. The zero-order chi connectivity index (χ0) is 14.6. The molecule has 1 amide bonds. The van der Waals surface area contributed by atoms with Gasteiger partial charge in [0.1, 0.15) is 0 Å². The Labute approximate surface area is 124 Å². The highest BCUT2D eigenvalue weighted by atomic mass is 35.5. The highest BCUT2D eigenvalue weighted by molar-refractivity contribution is 6.30. The summed E-state index contributed by atoms with van der Waals surface area (Å²) >= 11 is 5.82. The molecule has 1 aliphatic heterocycles. The van der Waals surface area contributed by atoms with Crippen LogP contribution in [0.1, 0.15) is 18.4 Å². The van der Waals surface area contributed by atoms with Crippen molar-refractivity contribution in [2.45, 2.75) is 24.9 Å². The summed E-state index contributed by atoms with van der Waals surface area (Å²) in [6.07, 6.45) is 1.47. The monoisotopic (exact) mass is 297 g/mol. The number of amides is 1. The van der Waals surface area contributed by atoms with E-state index in [-0.39, 0.29) is 5.91 Å². The topological polar surface area (TPSA) is 49.8 Å². The highest BCUT2D eigenvalue weighted by Gasteiger charge is 2.32. The van der Waals surface area contributed by atoms with Crippen LogP contribution in [0.5, 0.6) is 0 Å². The summed E-state index contributed by atoms with van der Waals surface area (Å²) in [7, 11) is 1.73. The second-order valence-electron chi connectivity index (χ2n) is 5.39. The fourth-order valence-electron chi connectivity index (χ4n) is 2.35. The number of carbonyl (C=O) groups excluding carboxylic acids is 1. The van der Waals surface area contributed by atoms with E-state index >= 15 is 0 Å². The largest absolute Gasteiger partial charge is 0.388 e.